The molecule has 0 aliphatic rings. The van der Waals surface area contributed by atoms with Crippen molar-refractivity contribution in [3.8, 4) is 5.75 Å². The zero-order chi connectivity index (χ0) is 17.1. The van der Waals surface area contributed by atoms with Crippen molar-refractivity contribution in [3.63, 3.8) is 0 Å². The van der Waals surface area contributed by atoms with Crippen molar-refractivity contribution in [2.75, 3.05) is 18.2 Å². The van der Waals surface area contributed by atoms with Gasteiger partial charge >= 0.3 is 0 Å². The fourth-order valence-electron chi connectivity index (χ4n) is 1.97. The third-order valence-electron chi connectivity index (χ3n) is 3.09. The maximum absolute atomic E-state index is 13.5. The fraction of sp³-hybridized carbons (Fsp3) is 0.125. The minimum absolute atomic E-state index is 0.0420. The second-order valence-corrected chi connectivity index (χ2v) is 6.81. The van der Waals surface area contributed by atoms with Gasteiger partial charge in [-0.1, -0.05) is 11.3 Å². The molecule has 1 aromatic heterocycles. The fourth-order valence-corrected chi connectivity index (χ4v) is 3.64. The minimum Gasteiger partial charge on any atom is -0.497 e. The van der Waals surface area contributed by atoms with Crippen molar-refractivity contribution >= 4 is 44.4 Å². The third kappa shape index (κ3) is 3.82. The Bertz CT molecular complexity index is 899. The summed E-state index contributed by atoms with van der Waals surface area (Å²) in [6, 6.07) is 8.57. The molecule has 0 radical (unpaired) electrons. The van der Waals surface area contributed by atoms with E-state index in [1.165, 1.54) is 11.3 Å². The van der Waals surface area contributed by atoms with Crippen molar-refractivity contribution in [2.24, 2.45) is 0 Å². The van der Waals surface area contributed by atoms with E-state index in [0.29, 0.717) is 10.9 Å². The maximum Gasteiger partial charge on any atom is 0.236 e. The Kier molecular flexibility index (Phi) is 4.96. The number of methoxy groups -OCH3 is 1. The van der Waals surface area contributed by atoms with E-state index in [9.17, 15) is 13.6 Å². The lowest BCUT2D eigenvalue weighted by Gasteiger charge is -2.03. The minimum atomic E-state index is -0.554. The molecule has 0 unspecified atom stereocenters. The monoisotopic (exact) mass is 366 g/mol. The zero-order valence-corrected chi connectivity index (χ0v) is 14.1. The predicted molar refractivity (Wildman–Crippen MR) is 91.9 cm³/mol. The lowest BCUT2D eigenvalue weighted by Crippen LogP contribution is -2.13. The number of nitrogens with zero attached hydrogens (tertiary/aromatic N) is 1. The van der Waals surface area contributed by atoms with Gasteiger partial charge in [0, 0.05) is 4.90 Å². The second kappa shape index (κ2) is 7.14. The van der Waals surface area contributed by atoms with Crippen molar-refractivity contribution in [1.29, 1.82) is 0 Å². The molecule has 124 valence electrons. The quantitative estimate of drug-likeness (QED) is 0.684. The first-order valence-electron chi connectivity index (χ1n) is 6.87. The molecule has 0 aliphatic carbocycles. The Hall–Kier alpha value is -2.19. The van der Waals surface area contributed by atoms with E-state index in [2.05, 4.69) is 10.3 Å². The number of carbonyl (C=O) groups excluding carboxylic acids is 1. The summed E-state index contributed by atoms with van der Waals surface area (Å²) in [5.74, 6) is -0.767. The molecule has 8 heteroatoms. The van der Waals surface area contributed by atoms with Crippen LogP contribution in [-0.2, 0) is 4.79 Å². The van der Waals surface area contributed by atoms with Crippen LogP contribution in [0, 0.1) is 11.6 Å². The van der Waals surface area contributed by atoms with Crippen molar-refractivity contribution in [2.45, 2.75) is 4.90 Å². The van der Waals surface area contributed by atoms with Crippen LogP contribution in [0.3, 0.4) is 0 Å². The molecule has 24 heavy (non-hydrogen) atoms. The Morgan fingerprint density at radius 1 is 1.29 bits per heavy atom. The molecule has 0 saturated heterocycles. The molecule has 0 saturated carbocycles. The van der Waals surface area contributed by atoms with Crippen molar-refractivity contribution in [1.82, 2.24) is 4.98 Å². The van der Waals surface area contributed by atoms with E-state index >= 15 is 0 Å². The molecular formula is C16H12F2N2O2S2. The van der Waals surface area contributed by atoms with Crippen LogP contribution in [-0.4, -0.2) is 23.8 Å². The lowest BCUT2D eigenvalue weighted by atomic mass is 10.3. The van der Waals surface area contributed by atoms with Gasteiger partial charge in [0.15, 0.2) is 5.13 Å². The van der Waals surface area contributed by atoms with Gasteiger partial charge in [-0.15, -0.1) is 11.8 Å². The highest BCUT2D eigenvalue weighted by Crippen LogP contribution is 2.29. The Morgan fingerprint density at radius 2 is 2.12 bits per heavy atom. The average molecular weight is 366 g/mol. The first-order chi connectivity index (χ1) is 11.5. The van der Waals surface area contributed by atoms with E-state index in [1.807, 2.05) is 6.07 Å². The van der Waals surface area contributed by atoms with Gasteiger partial charge in [-0.05, 0) is 36.4 Å². The molecule has 1 heterocycles. The molecule has 0 bridgehead atoms. The molecule has 1 N–H and O–H groups in total. The van der Waals surface area contributed by atoms with Gasteiger partial charge < -0.3 is 10.1 Å². The third-order valence-corrected chi connectivity index (χ3v) is 5.06. The number of hydrogen-bond acceptors (Lipinski definition) is 5. The maximum atomic E-state index is 13.5. The number of benzene rings is 2. The number of rotatable bonds is 5. The number of fused-ring (bicyclic) bond motifs is 1. The van der Waals surface area contributed by atoms with Crippen LogP contribution in [0.1, 0.15) is 0 Å². The number of halogens is 2. The zero-order valence-electron chi connectivity index (χ0n) is 12.5. The first kappa shape index (κ1) is 16.7. The number of carbonyl (C=O) groups is 1. The number of thiazole rings is 1. The largest absolute Gasteiger partial charge is 0.497 e. The average Bonchev–Trinajstić information content (AvgIpc) is 2.96. The number of thioether (sulfide) groups is 1. The summed E-state index contributed by atoms with van der Waals surface area (Å²) in [7, 11) is 1.58. The van der Waals surface area contributed by atoms with Gasteiger partial charge in [0.2, 0.25) is 5.91 Å². The van der Waals surface area contributed by atoms with Crippen molar-refractivity contribution in [3.05, 3.63) is 48.0 Å². The normalized spacial score (nSPS) is 10.8. The molecule has 3 rings (SSSR count). The standard InChI is InChI=1S/C16H12F2N2O2S2/c1-22-10-3-5-12-14(7-10)24-16(19-12)20-15(21)8-23-13-6-9(17)2-4-11(13)18/h2-7H,8H2,1H3,(H,19,20,21). The smallest absolute Gasteiger partial charge is 0.236 e. The molecule has 0 aliphatic heterocycles. The Balaban J connectivity index is 1.65. The Morgan fingerprint density at radius 3 is 2.92 bits per heavy atom. The van der Waals surface area contributed by atoms with E-state index in [0.717, 1.165) is 40.2 Å². The molecule has 0 fully saturated rings. The highest BCUT2D eigenvalue weighted by Gasteiger charge is 2.11. The van der Waals surface area contributed by atoms with Crippen LogP contribution in [0.2, 0.25) is 0 Å². The molecule has 3 aromatic rings. The number of nitrogens with one attached hydrogen (secondary N) is 1. The summed E-state index contributed by atoms with van der Waals surface area (Å²) in [5, 5.41) is 3.11. The molecule has 0 atom stereocenters. The van der Waals surface area contributed by atoms with Gasteiger partial charge in [0.1, 0.15) is 17.4 Å². The summed E-state index contributed by atoms with van der Waals surface area (Å²) in [4.78, 5) is 16.4. The number of ether oxygens (including phenoxy) is 1. The Labute approximate surface area is 144 Å². The van der Waals surface area contributed by atoms with Gasteiger partial charge in [-0.3, -0.25) is 4.79 Å². The van der Waals surface area contributed by atoms with E-state index in [1.54, 1.807) is 19.2 Å². The number of hydrogen-bond donors (Lipinski definition) is 1. The second-order valence-electron chi connectivity index (χ2n) is 4.76. The summed E-state index contributed by atoms with van der Waals surface area (Å²) in [6.45, 7) is 0. The van der Waals surface area contributed by atoms with Crippen LogP contribution < -0.4 is 10.1 Å². The van der Waals surface area contributed by atoms with Gasteiger partial charge in [-0.2, -0.15) is 0 Å². The topological polar surface area (TPSA) is 51.2 Å². The van der Waals surface area contributed by atoms with Crippen molar-refractivity contribution < 1.29 is 18.3 Å². The van der Waals surface area contributed by atoms with Crippen LogP contribution in [0.5, 0.6) is 5.75 Å². The summed E-state index contributed by atoms with van der Waals surface area (Å²) in [5.41, 5.74) is 0.750. The summed E-state index contributed by atoms with van der Waals surface area (Å²) in [6.07, 6.45) is 0. The van der Waals surface area contributed by atoms with E-state index < -0.39 is 11.6 Å². The van der Waals surface area contributed by atoms with Crippen LogP contribution >= 0.6 is 23.1 Å². The molecule has 4 nitrogen and oxygen atoms in total. The highest BCUT2D eigenvalue weighted by atomic mass is 32.2. The van der Waals surface area contributed by atoms with Gasteiger partial charge in [0.25, 0.3) is 0 Å². The molecule has 1 amide bonds. The van der Waals surface area contributed by atoms with Crippen LogP contribution in [0.15, 0.2) is 41.3 Å². The first-order valence-corrected chi connectivity index (χ1v) is 8.67. The van der Waals surface area contributed by atoms with E-state index in [4.69, 9.17) is 4.74 Å². The molecule has 0 spiro atoms. The van der Waals surface area contributed by atoms with E-state index in [-0.39, 0.29) is 16.6 Å². The number of amides is 1. The van der Waals surface area contributed by atoms with Gasteiger partial charge in [-0.25, -0.2) is 13.8 Å². The number of aromatic nitrogens is 1. The molecule has 2 aromatic carbocycles. The van der Waals surface area contributed by atoms with Crippen LogP contribution in [0.4, 0.5) is 13.9 Å². The predicted octanol–water partition coefficient (Wildman–Crippen LogP) is 4.31. The SMILES string of the molecule is COc1ccc2nc(NC(=O)CSc3cc(F)ccc3F)sc2c1. The molecular weight excluding hydrogens is 354 g/mol. The summed E-state index contributed by atoms with van der Waals surface area (Å²) < 4.78 is 32.6. The lowest BCUT2D eigenvalue weighted by molar-refractivity contribution is -0.113. The highest BCUT2D eigenvalue weighted by molar-refractivity contribution is 8.00. The number of anilines is 1. The van der Waals surface area contributed by atoms with Crippen LogP contribution in [0.25, 0.3) is 10.2 Å². The van der Waals surface area contributed by atoms with Gasteiger partial charge in [0.05, 0.1) is 23.1 Å². The summed E-state index contributed by atoms with van der Waals surface area (Å²) >= 11 is 2.25.